The van der Waals surface area contributed by atoms with E-state index in [1.807, 2.05) is 20.0 Å². The van der Waals surface area contributed by atoms with Gasteiger partial charge in [0, 0.05) is 23.3 Å². The van der Waals surface area contributed by atoms with E-state index in [2.05, 4.69) is 26.2 Å². The van der Waals surface area contributed by atoms with Crippen LogP contribution in [0.4, 0.5) is 5.82 Å². The van der Waals surface area contributed by atoms with Crippen molar-refractivity contribution in [3.05, 3.63) is 22.3 Å². The zero-order chi connectivity index (χ0) is 7.56. The van der Waals surface area contributed by atoms with Crippen molar-refractivity contribution in [2.45, 2.75) is 6.92 Å². The first-order valence-electron chi connectivity index (χ1n) is 3.04. The molecule has 0 unspecified atom stereocenters. The number of rotatable bonds is 1. The molecule has 0 aliphatic heterocycles. The molecule has 3 heteroatoms. The molecule has 0 aromatic carbocycles. The molecule has 54 valence electrons. The monoisotopic (exact) mass is 200 g/mol. The Bertz CT molecular complexity index is 235. The maximum Gasteiger partial charge on any atom is 0.129 e. The summed E-state index contributed by atoms with van der Waals surface area (Å²) in [5.41, 5.74) is 1.14. The summed E-state index contributed by atoms with van der Waals surface area (Å²) in [5, 5.41) is 2.99. The first kappa shape index (κ1) is 7.54. The standard InChI is InChI=1S/C7H9BrN2/c1-5-6(8)3-4-10-7(5)9-2/h3-4H,1-2H3,(H,9,10). The van der Waals surface area contributed by atoms with E-state index >= 15 is 0 Å². The Hall–Kier alpha value is -0.570. The molecule has 0 bridgehead atoms. The van der Waals surface area contributed by atoms with Crippen LogP contribution in [-0.2, 0) is 0 Å². The summed E-state index contributed by atoms with van der Waals surface area (Å²) < 4.78 is 1.09. The van der Waals surface area contributed by atoms with E-state index in [9.17, 15) is 0 Å². The van der Waals surface area contributed by atoms with E-state index in [1.54, 1.807) is 6.20 Å². The average Bonchev–Trinajstić information content (AvgIpc) is 1.95. The second kappa shape index (κ2) is 3.01. The van der Waals surface area contributed by atoms with Crippen LogP contribution in [0.15, 0.2) is 16.7 Å². The molecule has 0 atom stereocenters. The van der Waals surface area contributed by atoms with Crippen LogP contribution in [0.5, 0.6) is 0 Å². The number of halogens is 1. The number of aromatic nitrogens is 1. The lowest BCUT2D eigenvalue weighted by Crippen LogP contribution is -1.94. The molecule has 0 saturated carbocycles. The molecule has 0 spiro atoms. The topological polar surface area (TPSA) is 24.9 Å². The molecule has 0 fully saturated rings. The smallest absolute Gasteiger partial charge is 0.129 e. The largest absolute Gasteiger partial charge is 0.373 e. The zero-order valence-electron chi connectivity index (χ0n) is 5.98. The minimum Gasteiger partial charge on any atom is -0.373 e. The molecule has 1 aromatic heterocycles. The van der Waals surface area contributed by atoms with Crippen molar-refractivity contribution in [1.82, 2.24) is 4.98 Å². The summed E-state index contributed by atoms with van der Waals surface area (Å²) in [7, 11) is 1.86. The van der Waals surface area contributed by atoms with Crippen molar-refractivity contribution in [3.8, 4) is 0 Å². The van der Waals surface area contributed by atoms with E-state index in [-0.39, 0.29) is 0 Å². The highest BCUT2D eigenvalue weighted by atomic mass is 79.9. The molecule has 1 rings (SSSR count). The fraction of sp³-hybridized carbons (Fsp3) is 0.286. The predicted octanol–water partition coefficient (Wildman–Crippen LogP) is 2.19. The average molecular weight is 201 g/mol. The van der Waals surface area contributed by atoms with Crippen LogP contribution < -0.4 is 5.32 Å². The molecule has 10 heavy (non-hydrogen) atoms. The molecular weight excluding hydrogens is 192 g/mol. The Labute approximate surface area is 68.8 Å². The normalized spacial score (nSPS) is 9.50. The number of pyridine rings is 1. The van der Waals surface area contributed by atoms with Crippen LogP contribution in [0.2, 0.25) is 0 Å². The number of nitrogens with zero attached hydrogens (tertiary/aromatic N) is 1. The van der Waals surface area contributed by atoms with Gasteiger partial charge in [0.05, 0.1) is 0 Å². The third-order valence-corrected chi connectivity index (χ3v) is 2.23. The molecule has 2 nitrogen and oxygen atoms in total. The molecule has 0 amide bonds. The quantitative estimate of drug-likeness (QED) is 0.753. The van der Waals surface area contributed by atoms with Gasteiger partial charge < -0.3 is 5.32 Å². The van der Waals surface area contributed by atoms with Crippen molar-refractivity contribution < 1.29 is 0 Å². The van der Waals surface area contributed by atoms with Crippen molar-refractivity contribution in [2.24, 2.45) is 0 Å². The minimum absolute atomic E-state index is 0.925. The third-order valence-electron chi connectivity index (χ3n) is 1.37. The Kier molecular flexibility index (Phi) is 2.27. The third kappa shape index (κ3) is 1.29. The van der Waals surface area contributed by atoms with Gasteiger partial charge in [-0.1, -0.05) is 15.9 Å². The Balaban J connectivity index is 3.14. The number of anilines is 1. The number of hydrogen-bond donors (Lipinski definition) is 1. The summed E-state index contributed by atoms with van der Waals surface area (Å²) in [6, 6.07) is 1.93. The lowest BCUT2D eigenvalue weighted by molar-refractivity contribution is 1.22. The Morgan fingerprint density at radius 2 is 2.30 bits per heavy atom. The second-order valence-corrected chi connectivity index (χ2v) is 2.87. The van der Waals surface area contributed by atoms with Crippen LogP contribution >= 0.6 is 15.9 Å². The van der Waals surface area contributed by atoms with Gasteiger partial charge in [-0.2, -0.15) is 0 Å². The highest BCUT2D eigenvalue weighted by Crippen LogP contribution is 2.19. The summed E-state index contributed by atoms with van der Waals surface area (Å²) in [6.45, 7) is 2.02. The van der Waals surface area contributed by atoms with E-state index in [4.69, 9.17) is 0 Å². The van der Waals surface area contributed by atoms with Gasteiger partial charge >= 0.3 is 0 Å². The molecule has 1 heterocycles. The van der Waals surface area contributed by atoms with Crippen LogP contribution in [0.3, 0.4) is 0 Å². The molecule has 0 saturated heterocycles. The maximum absolute atomic E-state index is 4.12. The molecule has 0 aliphatic rings. The van der Waals surface area contributed by atoms with E-state index in [0.29, 0.717) is 0 Å². The van der Waals surface area contributed by atoms with Gasteiger partial charge in [0.1, 0.15) is 5.82 Å². The first-order chi connectivity index (χ1) is 4.75. The lowest BCUT2D eigenvalue weighted by atomic mass is 10.3. The van der Waals surface area contributed by atoms with Crippen LogP contribution in [0.1, 0.15) is 5.56 Å². The van der Waals surface area contributed by atoms with Crippen LogP contribution in [-0.4, -0.2) is 12.0 Å². The van der Waals surface area contributed by atoms with Crippen molar-refractivity contribution in [1.29, 1.82) is 0 Å². The van der Waals surface area contributed by atoms with Crippen molar-refractivity contribution in [2.75, 3.05) is 12.4 Å². The fourth-order valence-corrected chi connectivity index (χ4v) is 1.07. The van der Waals surface area contributed by atoms with Gasteiger partial charge in [0.25, 0.3) is 0 Å². The molecule has 0 aliphatic carbocycles. The van der Waals surface area contributed by atoms with E-state index in [1.165, 1.54) is 0 Å². The number of nitrogens with one attached hydrogen (secondary N) is 1. The highest BCUT2D eigenvalue weighted by Gasteiger charge is 1.98. The first-order valence-corrected chi connectivity index (χ1v) is 3.84. The summed E-state index contributed by atoms with van der Waals surface area (Å²) in [6.07, 6.45) is 1.77. The zero-order valence-corrected chi connectivity index (χ0v) is 7.57. The Morgan fingerprint density at radius 1 is 1.60 bits per heavy atom. The summed E-state index contributed by atoms with van der Waals surface area (Å²) in [5.74, 6) is 0.925. The molecule has 1 aromatic rings. The predicted molar refractivity (Wildman–Crippen MR) is 46.2 cm³/mol. The van der Waals surface area contributed by atoms with Gasteiger partial charge in [0.15, 0.2) is 0 Å². The number of hydrogen-bond acceptors (Lipinski definition) is 2. The second-order valence-electron chi connectivity index (χ2n) is 2.02. The van der Waals surface area contributed by atoms with Crippen molar-refractivity contribution >= 4 is 21.7 Å². The molecule has 1 N–H and O–H groups in total. The summed E-state index contributed by atoms with van der Waals surface area (Å²) in [4.78, 5) is 4.12. The highest BCUT2D eigenvalue weighted by molar-refractivity contribution is 9.10. The van der Waals surface area contributed by atoms with E-state index < -0.39 is 0 Å². The lowest BCUT2D eigenvalue weighted by Gasteiger charge is -2.03. The van der Waals surface area contributed by atoms with Gasteiger partial charge in [-0.05, 0) is 13.0 Å². The van der Waals surface area contributed by atoms with E-state index in [0.717, 1.165) is 15.9 Å². The SMILES string of the molecule is CNc1nccc(Br)c1C. The van der Waals surface area contributed by atoms with Crippen molar-refractivity contribution in [3.63, 3.8) is 0 Å². The molecule has 0 radical (unpaired) electrons. The minimum atomic E-state index is 0.925. The van der Waals surface area contributed by atoms with Gasteiger partial charge in [-0.25, -0.2) is 4.98 Å². The molecular formula is C7H9BrN2. The maximum atomic E-state index is 4.12. The summed E-state index contributed by atoms with van der Waals surface area (Å²) >= 11 is 3.41. The van der Waals surface area contributed by atoms with Crippen LogP contribution in [0, 0.1) is 6.92 Å². The Morgan fingerprint density at radius 3 is 2.80 bits per heavy atom. The fourth-order valence-electron chi connectivity index (χ4n) is 0.764. The van der Waals surface area contributed by atoms with Gasteiger partial charge in [-0.15, -0.1) is 0 Å². The van der Waals surface area contributed by atoms with Gasteiger partial charge in [0.2, 0.25) is 0 Å². The van der Waals surface area contributed by atoms with Gasteiger partial charge in [-0.3, -0.25) is 0 Å². The van der Waals surface area contributed by atoms with Crippen LogP contribution in [0.25, 0.3) is 0 Å².